The molecule has 29 heavy (non-hydrogen) atoms. The Morgan fingerprint density at radius 3 is 2.72 bits per heavy atom. The number of carbonyl (C=O) groups excluding carboxylic acids is 1. The van der Waals surface area contributed by atoms with Crippen LogP contribution in [0.25, 0.3) is 0 Å². The second kappa shape index (κ2) is 12.2. The average Bonchev–Trinajstić information content (AvgIpc) is 3.23. The molecule has 166 valence electrons. The second-order valence-electron chi connectivity index (χ2n) is 8.08. The van der Waals surface area contributed by atoms with Crippen molar-refractivity contribution in [2.24, 2.45) is 4.99 Å². The standard InChI is InChI=1S/C19H35N7O2.HI/c1-6-7-9-14(12-22-18(27)28-19(2,3)4)23-17(20-5)21-13-16-25-24-15-10-8-11-26(15)16;/h14H,6-13H2,1-5H3,(H,22,27)(H2,20,21,23);1H. The number of carbonyl (C=O) groups is 1. The van der Waals surface area contributed by atoms with Gasteiger partial charge in [-0.25, -0.2) is 4.79 Å². The molecular formula is C19H36IN7O2. The number of hydrogen-bond acceptors (Lipinski definition) is 5. The third kappa shape index (κ3) is 8.75. The highest BCUT2D eigenvalue weighted by Crippen LogP contribution is 2.13. The summed E-state index contributed by atoms with van der Waals surface area (Å²) < 4.78 is 7.49. The number of guanidine groups is 1. The SMILES string of the molecule is CCCCC(CNC(=O)OC(C)(C)C)NC(=NC)NCc1nnc2n1CCC2.I. The van der Waals surface area contributed by atoms with Crippen LogP contribution in [0.4, 0.5) is 4.79 Å². The number of nitrogens with zero attached hydrogens (tertiary/aromatic N) is 4. The highest BCUT2D eigenvalue weighted by molar-refractivity contribution is 14.0. The predicted octanol–water partition coefficient (Wildman–Crippen LogP) is 2.59. The van der Waals surface area contributed by atoms with Gasteiger partial charge in [0.05, 0.1) is 6.54 Å². The van der Waals surface area contributed by atoms with Crippen molar-refractivity contribution < 1.29 is 9.53 Å². The number of halogens is 1. The number of unbranched alkanes of at least 4 members (excludes halogenated alkanes) is 1. The topological polar surface area (TPSA) is 105 Å². The van der Waals surface area contributed by atoms with Crippen LogP contribution in [0.3, 0.4) is 0 Å². The summed E-state index contributed by atoms with van der Waals surface area (Å²) in [6.45, 7) is 9.72. The van der Waals surface area contributed by atoms with Gasteiger partial charge < -0.3 is 25.3 Å². The molecule has 1 aromatic heterocycles. The molecule has 1 amide bonds. The molecule has 0 saturated carbocycles. The van der Waals surface area contributed by atoms with Crippen LogP contribution in [-0.2, 0) is 24.2 Å². The van der Waals surface area contributed by atoms with Crippen molar-refractivity contribution in [2.45, 2.75) is 84.5 Å². The van der Waals surface area contributed by atoms with E-state index in [9.17, 15) is 4.79 Å². The maximum atomic E-state index is 12.0. The molecule has 1 aromatic rings. The number of aromatic nitrogens is 3. The minimum absolute atomic E-state index is 0. The largest absolute Gasteiger partial charge is 0.444 e. The van der Waals surface area contributed by atoms with Gasteiger partial charge in [0.15, 0.2) is 11.8 Å². The lowest BCUT2D eigenvalue weighted by Crippen LogP contribution is -2.49. The number of nitrogens with one attached hydrogen (secondary N) is 3. The molecule has 3 N–H and O–H groups in total. The summed E-state index contributed by atoms with van der Waals surface area (Å²) >= 11 is 0. The predicted molar refractivity (Wildman–Crippen MR) is 125 cm³/mol. The fourth-order valence-corrected chi connectivity index (χ4v) is 3.09. The van der Waals surface area contributed by atoms with Gasteiger partial charge in [0.1, 0.15) is 11.4 Å². The summed E-state index contributed by atoms with van der Waals surface area (Å²) in [5.74, 6) is 2.66. The van der Waals surface area contributed by atoms with Crippen molar-refractivity contribution in [3.63, 3.8) is 0 Å². The molecular weight excluding hydrogens is 485 g/mol. The van der Waals surface area contributed by atoms with E-state index in [1.165, 1.54) is 0 Å². The van der Waals surface area contributed by atoms with E-state index in [1.54, 1.807) is 7.05 Å². The maximum Gasteiger partial charge on any atom is 0.407 e. The first kappa shape index (κ1) is 25.4. The number of aliphatic imine (C=N–C) groups is 1. The van der Waals surface area contributed by atoms with Crippen LogP contribution in [0.1, 0.15) is 65.0 Å². The van der Waals surface area contributed by atoms with Gasteiger partial charge in [-0.15, -0.1) is 34.2 Å². The van der Waals surface area contributed by atoms with E-state index in [0.717, 1.165) is 50.3 Å². The van der Waals surface area contributed by atoms with E-state index in [2.05, 4.69) is 42.6 Å². The molecule has 10 heteroatoms. The van der Waals surface area contributed by atoms with E-state index >= 15 is 0 Å². The average molecular weight is 521 g/mol. The van der Waals surface area contributed by atoms with Crippen molar-refractivity contribution in [1.29, 1.82) is 0 Å². The van der Waals surface area contributed by atoms with Gasteiger partial charge in [0, 0.05) is 32.6 Å². The molecule has 0 aliphatic carbocycles. The molecule has 0 spiro atoms. The van der Waals surface area contributed by atoms with E-state index in [1.807, 2.05) is 20.8 Å². The quantitative estimate of drug-likeness (QED) is 0.276. The molecule has 1 aliphatic rings. The lowest BCUT2D eigenvalue weighted by atomic mass is 10.1. The summed E-state index contributed by atoms with van der Waals surface area (Å²) in [6.07, 6.45) is 4.78. The third-order valence-electron chi connectivity index (χ3n) is 4.46. The Morgan fingerprint density at radius 2 is 2.07 bits per heavy atom. The van der Waals surface area contributed by atoms with Crippen LogP contribution in [0.5, 0.6) is 0 Å². The number of fused-ring (bicyclic) bond motifs is 1. The number of amides is 1. The molecule has 1 aliphatic heterocycles. The Balaban J connectivity index is 0.00000420. The van der Waals surface area contributed by atoms with E-state index in [4.69, 9.17) is 4.74 Å². The molecule has 1 unspecified atom stereocenters. The van der Waals surface area contributed by atoms with Gasteiger partial charge in [0.25, 0.3) is 0 Å². The van der Waals surface area contributed by atoms with Crippen LogP contribution in [0.2, 0.25) is 0 Å². The number of aryl methyl sites for hydroxylation is 1. The molecule has 2 heterocycles. The summed E-state index contributed by atoms with van der Waals surface area (Å²) in [6, 6.07) is 0.0581. The lowest BCUT2D eigenvalue weighted by Gasteiger charge is -2.24. The van der Waals surface area contributed by atoms with Gasteiger partial charge in [0.2, 0.25) is 0 Å². The van der Waals surface area contributed by atoms with Crippen LogP contribution in [0.15, 0.2) is 4.99 Å². The third-order valence-corrected chi connectivity index (χ3v) is 4.46. The van der Waals surface area contributed by atoms with E-state index < -0.39 is 11.7 Å². The Hall–Kier alpha value is -1.59. The zero-order chi connectivity index (χ0) is 20.6. The molecule has 0 fully saturated rings. The minimum Gasteiger partial charge on any atom is -0.444 e. The molecule has 1 atom stereocenters. The summed E-state index contributed by atoms with van der Waals surface area (Å²) in [4.78, 5) is 16.3. The van der Waals surface area contributed by atoms with Crippen LogP contribution >= 0.6 is 24.0 Å². The van der Waals surface area contributed by atoms with Crippen LogP contribution in [-0.4, -0.2) is 52.1 Å². The molecule has 2 rings (SSSR count). The number of hydrogen-bond donors (Lipinski definition) is 3. The van der Waals surface area contributed by atoms with Gasteiger partial charge in [-0.1, -0.05) is 19.8 Å². The zero-order valence-electron chi connectivity index (χ0n) is 18.2. The highest BCUT2D eigenvalue weighted by Gasteiger charge is 2.19. The van der Waals surface area contributed by atoms with Crippen molar-refractivity contribution in [1.82, 2.24) is 30.7 Å². The van der Waals surface area contributed by atoms with Gasteiger partial charge >= 0.3 is 6.09 Å². The maximum absolute atomic E-state index is 12.0. The monoisotopic (exact) mass is 521 g/mol. The van der Waals surface area contributed by atoms with Gasteiger partial charge in [-0.05, 0) is 33.6 Å². The van der Waals surface area contributed by atoms with Crippen molar-refractivity contribution in [2.75, 3.05) is 13.6 Å². The van der Waals surface area contributed by atoms with Gasteiger partial charge in [-0.2, -0.15) is 0 Å². The van der Waals surface area contributed by atoms with E-state index in [-0.39, 0.29) is 30.0 Å². The van der Waals surface area contributed by atoms with Crippen molar-refractivity contribution >= 4 is 36.0 Å². The van der Waals surface area contributed by atoms with Crippen molar-refractivity contribution in [3.05, 3.63) is 11.6 Å². The fraction of sp³-hybridized carbons (Fsp3) is 0.789. The fourth-order valence-electron chi connectivity index (χ4n) is 3.09. The first-order valence-corrected chi connectivity index (χ1v) is 10.2. The normalized spacial score (nSPS) is 14.6. The Kier molecular flexibility index (Phi) is 10.7. The lowest BCUT2D eigenvalue weighted by molar-refractivity contribution is 0.0523. The summed E-state index contributed by atoms with van der Waals surface area (Å²) in [5, 5.41) is 18.0. The zero-order valence-corrected chi connectivity index (χ0v) is 20.6. The summed E-state index contributed by atoms with van der Waals surface area (Å²) in [7, 11) is 1.74. The molecule has 9 nitrogen and oxygen atoms in total. The van der Waals surface area contributed by atoms with Crippen LogP contribution in [0, 0.1) is 0 Å². The summed E-state index contributed by atoms with van der Waals surface area (Å²) in [5.41, 5.74) is -0.507. The molecule has 0 bridgehead atoms. The Labute approximate surface area is 190 Å². The minimum atomic E-state index is -0.507. The molecule has 0 saturated heterocycles. The number of ether oxygens (including phenoxy) is 1. The first-order valence-electron chi connectivity index (χ1n) is 10.2. The van der Waals surface area contributed by atoms with Crippen molar-refractivity contribution in [3.8, 4) is 0 Å². The number of rotatable bonds is 8. The second-order valence-corrected chi connectivity index (χ2v) is 8.08. The molecule has 0 aromatic carbocycles. The van der Waals surface area contributed by atoms with E-state index in [0.29, 0.717) is 19.0 Å². The number of alkyl carbamates (subject to hydrolysis) is 1. The molecule has 0 radical (unpaired) electrons. The Bertz CT molecular complexity index is 670. The highest BCUT2D eigenvalue weighted by atomic mass is 127. The first-order chi connectivity index (χ1) is 13.3. The smallest absolute Gasteiger partial charge is 0.407 e. The van der Waals surface area contributed by atoms with Crippen LogP contribution < -0.4 is 16.0 Å². The van der Waals surface area contributed by atoms with Gasteiger partial charge in [-0.3, -0.25) is 4.99 Å². The Morgan fingerprint density at radius 1 is 1.31 bits per heavy atom.